The largest absolute Gasteiger partial charge is 0.382 e. The van der Waals surface area contributed by atoms with Gasteiger partial charge in [0.2, 0.25) is 0 Å². The predicted molar refractivity (Wildman–Crippen MR) is 100 cm³/mol. The number of fused-ring (bicyclic) bond motifs is 1. The lowest BCUT2D eigenvalue weighted by Crippen LogP contribution is -2.42. The average Bonchev–Trinajstić information content (AvgIpc) is 3.11. The number of amides is 1. The Balaban J connectivity index is 1.42. The topological polar surface area (TPSA) is 71.3 Å². The van der Waals surface area contributed by atoms with E-state index in [1.54, 1.807) is 6.20 Å². The first-order chi connectivity index (χ1) is 12.7. The standard InChI is InChI=1S/C20H22N4O2/c1-2-18-17-12-14(13-21-19(17)26-23-18)20(25)24-10-8-16(9-11-24)22-15-6-4-3-5-7-15/h3-7,12-13,16,22H,2,8-11H2,1H3. The van der Waals surface area contributed by atoms with Crippen molar-refractivity contribution in [2.45, 2.75) is 32.2 Å². The van der Waals surface area contributed by atoms with Crippen LogP contribution in [0.3, 0.4) is 0 Å². The SMILES string of the molecule is CCc1noc2ncc(C(=O)N3CCC(Nc4ccccc4)CC3)cc12. The van der Waals surface area contributed by atoms with Crippen LogP contribution in [0.25, 0.3) is 11.1 Å². The predicted octanol–water partition coefficient (Wildman–Crippen LogP) is 3.50. The van der Waals surface area contributed by atoms with E-state index < -0.39 is 0 Å². The molecule has 0 aliphatic carbocycles. The van der Waals surface area contributed by atoms with E-state index >= 15 is 0 Å². The smallest absolute Gasteiger partial charge is 0.257 e. The van der Waals surface area contributed by atoms with Gasteiger partial charge in [-0.15, -0.1) is 0 Å². The molecular weight excluding hydrogens is 328 g/mol. The van der Waals surface area contributed by atoms with E-state index in [9.17, 15) is 4.79 Å². The van der Waals surface area contributed by atoms with Gasteiger partial charge >= 0.3 is 0 Å². The van der Waals surface area contributed by atoms with E-state index in [-0.39, 0.29) is 5.91 Å². The van der Waals surface area contributed by atoms with Gasteiger partial charge in [0.15, 0.2) is 0 Å². The number of anilines is 1. The Morgan fingerprint density at radius 3 is 2.77 bits per heavy atom. The summed E-state index contributed by atoms with van der Waals surface area (Å²) in [6.07, 6.45) is 4.21. The van der Waals surface area contributed by atoms with E-state index in [2.05, 4.69) is 27.6 Å². The molecule has 0 spiro atoms. The molecule has 0 saturated carbocycles. The van der Waals surface area contributed by atoms with E-state index in [4.69, 9.17) is 4.52 Å². The number of rotatable bonds is 4. The van der Waals surface area contributed by atoms with Gasteiger partial charge in [0.05, 0.1) is 16.6 Å². The minimum absolute atomic E-state index is 0.0285. The highest BCUT2D eigenvalue weighted by Gasteiger charge is 2.24. The van der Waals surface area contributed by atoms with Crippen molar-refractivity contribution in [2.24, 2.45) is 0 Å². The maximum Gasteiger partial charge on any atom is 0.257 e. The second-order valence-electron chi connectivity index (χ2n) is 6.64. The quantitative estimate of drug-likeness (QED) is 0.780. The Morgan fingerprint density at radius 1 is 1.27 bits per heavy atom. The third kappa shape index (κ3) is 3.27. The molecule has 1 amide bonds. The number of nitrogens with one attached hydrogen (secondary N) is 1. The van der Waals surface area contributed by atoms with Crippen LogP contribution < -0.4 is 5.32 Å². The molecule has 1 N–H and O–H groups in total. The molecule has 134 valence electrons. The molecule has 3 heterocycles. The van der Waals surface area contributed by atoms with Crippen LogP contribution in [0.4, 0.5) is 5.69 Å². The number of benzene rings is 1. The van der Waals surface area contributed by atoms with Gasteiger partial charge in [-0.25, -0.2) is 4.98 Å². The molecule has 6 heteroatoms. The molecule has 1 saturated heterocycles. The maximum absolute atomic E-state index is 12.8. The molecular formula is C20H22N4O2. The Kier molecular flexibility index (Phi) is 4.56. The zero-order valence-electron chi connectivity index (χ0n) is 14.8. The number of piperidine rings is 1. The van der Waals surface area contributed by atoms with Crippen molar-refractivity contribution >= 4 is 22.7 Å². The third-order valence-electron chi connectivity index (χ3n) is 4.91. The average molecular weight is 350 g/mol. The van der Waals surface area contributed by atoms with Crippen molar-refractivity contribution in [3.63, 3.8) is 0 Å². The summed E-state index contributed by atoms with van der Waals surface area (Å²) >= 11 is 0. The summed E-state index contributed by atoms with van der Waals surface area (Å²) in [5.41, 5.74) is 3.06. The van der Waals surface area contributed by atoms with Gasteiger partial charge in [0.25, 0.3) is 11.6 Å². The van der Waals surface area contributed by atoms with Gasteiger partial charge in [-0.1, -0.05) is 30.3 Å². The Bertz CT molecular complexity index is 899. The van der Waals surface area contributed by atoms with Gasteiger partial charge in [-0.3, -0.25) is 4.79 Å². The van der Waals surface area contributed by atoms with Crippen LogP contribution in [-0.2, 0) is 6.42 Å². The highest BCUT2D eigenvalue weighted by atomic mass is 16.5. The van der Waals surface area contributed by atoms with Crippen molar-refractivity contribution in [1.29, 1.82) is 0 Å². The van der Waals surface area contributed by atoms with E-state index in [0.717, 1.165) is 49.1 Å². The van der Waals surface area contributed by atoms with E-state index in [0.29, 0.717) is 17.3 Å². The number of carbonyl (C=O) groups excluding carboxylic acids is 1. The lowest BCUT2D eigenvalue weighted by molar-refractivity contribution is 0.0718. The van der Waals surface area contributed by atoms with Gasteiger partial charge < -0.3 is 14.7 Å². The fraction of sp³-hybridized carbons (Fsp3) is 0.350. The van der Waals surface area contributed by atoms with Crippen LogP contribution in [0.1, 0.15) is 35.8 Å². The summed E-state index contributed by atoms with van der Waals surface area (Å²) in [4.78, 5) is 19.0. The molecule has 0 unspecified atom stereocenters. The van der Waals surface area contributed by atoms with Crippen LogP contribution in [0.2, 0.25) is 0 Å². The maximum atomic E-state index is 12.8. The first kappa shape index (κ1) is 16.6. The Hall–Kier alpha value is -2.89. The minimum Gasteiger partial charge on any atom is -0.382 e. The second kappa shape index (κ2) is 7.15. The van der Waals surface area contributed by atoms with Crippen LogP contribution in [0.5, 0.6) is 0 Å². The molecule has 0 radical (unpaired) electrons. The number of hydrogen-bond donors (Lipinski definition) is 1. The zero-order valence-corrected chi connectivity index (χ0v) is 14.8. The van der Waals surface area contributed by atoms with Crippen LogP contribution in [-0.4, -0.2) is 40.1 Å². The van der Waals surface area contributed by atoms with E-state index in [1.807, 2.05) is 36.1 Å². The lowest BCUT2D eigenvalue weighted by atomic mass is 10.0. The van der Waals surface area contributed by atoms with Crippen LogP contribution in [0, 0.1) is 0 Å². The minimum atomic E-state index is 0.0285. The Morgan fingerprint density at radius 2 is 2.04 bits per heavy atom. The van der Waals surface area contributed by atoms with Gasteiger partial charge in [0, 0.05) is 31.0 Å². The molecule has 0 atom stereocenters. The van der Waals surface area contributed by atoms with Gasteiger partial charge in [0.1, 0.15) is 0 Å². The molecule has 4 rings (SSSR count). The molecule has 1 aliphatic rings. The number of nitrogens with zero attached hydrogens (tertiary/aromatic N) is 3. The fourth-order valence-electron chi connectivity index (χ4n) is 3.43. The number of likely N-dealkylation sites (tertiary alicyclic amines) is 1. The number of aryl methyl sites for hydroxylation is 1. The van der Waals surface area contributed by atoms with Crippen LogP contribution in [0.15, 0.2) is 47.1 Å². The highest BCUT2D eigenvalue weighted by molar-refractivity contribution is 5.97. The number of hydrogen-bond acceptors (Lipinski definition) is 5. The van der Waals surface area contributed by atoms with Gasteiger partial charge in [-0.2, -0.15) is 0 Å². The van der Waals surface area contributed by atoms with Crippen LogP contribution >= 0.6 is 0 Å². The lowest BCUT2D eigenvalue weighted by Gasteiger charge is -2.33. The van der Waals surface area contributed by atoms with Gasteiger partial charge in [-0.05, 0) is 37.5 Å². The molecule has 3 aromatic rings. The summed E-state index contributed by atoms with van der Waals surface area (Å²) in [6.45, 7) is 3.49. The summed E-state index contributed by atoms with van der Waals surface area (Å²) in [6, 6.07) is 12.5. The second-order valence-corrected chi connectivity index (χ2v) is 6.64. The molecule has 26 heavy (non-hydrogen) atoms. The van der Waals surface area contributed by atoms with Crippen molar-refractivity contribution in [2.75, 3.05) is 18.4 Å². The first-order valence-electron chi connectivity index (χ1n) is 9.09. The highest BCUT2D eigenvalue weighted by Crippen LogP contribution is 2.21. The molecule has 6 nitrogen and oxygen atoms in total. The summed E-state index contributed by atoms with van der Waals surface area (Å²) < 4.78 is 5.20. The van der Waals surface area contributed by atoms with Crippen molar-refractivity contribution in [3.05, 3.63) is 53.9 Å². The summed E-state index contributed by atoms with van der Waals surface area (Å²) in [7, 11) is 0. The normalized spacial score (nSPS) is 15.3. The Labute approximate surface area is 152 Å². The number of aromatic nitrogens is 2. The molecule has 1 aliphatic heterocycles. The van der Waals surface area contributed by atoms with Crippen molar-refractivity contribution in [1.82, 2.24) is 15.0 Å². The molecule has 1 aromatic carbocycles. The zero-order chi connectivity index (χ0) is 17.9. The number of para-hydroxylation sites is 1. The molecule has 2 aromatic heterocycles. The number of pyridine rings is 1. The monoisotopic (exact) mass is 350 g/mol. The summed E-state index contributed by atoms with van der Waals surface area (Å²) in [5.74, 6) is 0.0285. The first-order valence-corrected chi connectivity index (χ1v) is 9.09. The molecule has 1 fully saturated rings. The third-order valence-corrected chi connectivity index (χ3v) is 4.91. The number of carbonyl (C=O) groups is 1. The van der Waals surface area contributed by atoms with Crippen molar-refractivity contribution < 1.29 is 9.32 Å². The van der Waals surface area contributed by atoms with E-state index in [1.165, 1.54) is 0 Å². The fourth-order valence-corrected chi connectivity index (χ4v) is 3.43. The summed E-state index contributed by atoms with van der Waals surface area (Å²) in [5, 5.41) is 8.38. The van der Waals surface area contributed by atoms with Crippen molar-refractivity contribution in [3.8, 4) is 0 Å². The molecule has 0 bridgehead atoms.